The molecule has 1 aromatic carbocycles. The average Bonchev–Trinajstić information content (AvgIpc) is 2.57. The van der Waals surface area contributed by atoms with Crippen LogP contribution in [0.3, 0.4) is 0 Å². The lowest BCUT2D eigenvalue weighted by Crippen LogP contribution is -2.28. The second-order valence-corrected chi connectivity index (χ2v) is 3.99. The van der Waals surface area contributed by atoms with Gasteiger partial charge in [0.25, 0.3) is 0 Å². The molecule has 1 aromatic rings. The maximum Gasteiger partial charge on any atom is 0.125 e. The minimum atomic E-state index is 0.187. The molecule has 0 aliphatic carbocycles. The highest BCUT2D eigenvalue weighted by atomic mass is 16.5. The van der Waals surface area contributed by atoms with Crippen LogP contribution in [-0.2, 0) is 0 Å². The minimum Gasteiger partial charge on any atom is -0.494 e. The maximum atomic E-state index is 5.79. The molecule has 0 spiro atoms. The van der Waals surface area contributed by atoms with Gasteiger partial charge in [0.1, 0.15) is 17.6 Å². The van der Waals surface area contributed by atoms with Crippen LogP contribution in [0.4, 0.5) is 0 Å². The number of nitrogens with one attached hydrogen (secondary N) is 1. The van der Waals surface area contributed by atoms with Crippen LogP contribution in [0.2, 0.25) is 0 Å². The van der Waals surface area contributed by atoms with E-state index in [1.54, 1.807) is 0 Å². The van der Waals surface area contributed by atoms with Gasteiger partial charge in [-0.25, -0.2) is 0 Å². The van der Waals surface area contributed by atoms with Gasteiger partial charge in [-0.1, -0.05) is 6.92 Å². The van der Waals surface area contributed by atoms with Crippen LogP contribution in [0.25, 0.3) is 0 Å². The van der Waals surface area contributed by atoms with E-state index in [0.717, 1.165) is 18.0 Å². The number of ether oxygens (including phenoxy) is 2. The van der Waals surface area contributed by atoms with E-state index in [-0.39, 0.29) is 12.1 Å². The van der Waals surface area contributed by atoms with Crippen molar-refractivity contribution in [3.63, 3.8) is 0 Å². The molecule has 0 aromatic heterocycles. The van der Waals surface area contributed by atoms with Gasteiger partial charge < -0.3 is 14.8 Å². The molecule has 0 saturated heterocycles. The predicted octanol–water partition coefficient (Wildman–Crippen LogP) is 2.52. The zero-order valence-electron chi connectivity index (χ0n) is 10.1. The van der Waals surface area contributed by atoms with E-state index in [1.165, 1.54) is 5.56 Å². The first kappa shape index (κ1) is 11.3. The summed E-state index contributed by atoms with van der Waals surface area (Å²) in [6.45, 7) is 7.83. The summed E-state index contributed by atoms with van der Waals surface area (Å²) in [4.78, 5) is 0. The van der Waals surface area contributed by atoms with Gasteiger partial charge >= 0.3 is 0 Å². The van der Waals surface area contributed by atoms with E-state index >= 15 is 0 Å². The second-order valence-electron chi connectivity index (χ2n) is 3.99. The van der Waals surface area contributed by atoms with Crippen LogP contribution < -0.4 is 14.8 Å². The zero-order chi connectivity index (χ0) is 11.5. The van der Waals surface area contributed by atoms with Gasteiger partial charge in [0.15, 0.2) is 0 Å². The van der Waals surface area contributed by atoms with Crippen LogP contribution in [0.5, 0.6) is 11.5 Å². The molecule has 1 N–H and O–H groups in total. The molecule has 3 heteroatoms. The molecule has 0 fully saturated rings. The van der Waals surface area contributed by atoms with Gasteiger partial charge in [-0.3, -0.25) is 0 Å². The first-order valence-electron chi connectivity index (χ1n) is 5.93. The highest BCUT2D eigenvalue weighted by Gasteiger charge is 2.30. The number of likely N-dealkylation sites (N-methyl/N-ethyl adjacent to an activating group) is 1. The Morgan fingerprint density at radius 1 is 1.38 bits per heavy atom. The van der Waals surface area contributed by atoms with Gasteiger partial charge in [0, 0.05) is 5.56 Å². The Morgan fingerprint density at radius 3 is 2.88 bits per heavy atom. The van der Waals surface area contributed by atoms with Crippen molar-refractivity contribution >= 4 is 0 Å². The molecule has 0 radical (unpaired) electrons. The Bertz CT molecular complexity index is 365. The number of rotatable bonds is 4. The van der Waals surface area contributed by atoms with Crippen molar-refractivity contribution in [2.24, 2.45) is 0 Å². The largest absolute Gasteiger partial charge is 0.494 e. The van der Waals surface area contributed by atoms with E-state index in [1.807, 2.05) is 19.1 Å². The fraction of sp³-hybridized carbons (Fsp3) is 0.538. The molecule has 2 atom stereocenters. The first-order valence-corrected chi connectivity index (χ1v) is 5.93. The summed E-state index contributed by atoms with van der Waals surface area (Å²) in [5.74, 6) is 1.89. The highest BCUT2D eigenvalue weighted by Crippen LogP contribution is 2.38. The lowest BCUT2D eigenvalue weighted by atomic mass is 10.0. The molecule has 0 saturated carbocycles. The average molecular weight is 221 g/mol. The topological polar surface area (TPSA) is 30.5 Å². The predicted molar refractivity (Wildman–Crippen MR) is 64.1 cm³/mol. The highest BCUT2D eigenvalue weighted by molar-refractivity contribution is 5.45. The van der Waals surface area contributed by atoms with E-state index < -0.39 is 0 Å². The van der Waals surface area contributed by atoms with Crippen LogP contribution in [0, 0.1) is 0 Å². The molecule has 0 amide bonds. The van der Waals surface area contributed by atoms with Crippen molar-refractivity contribution in [2.75, 3.05) is 13.2 Å². The molecular weight excluding hydrogens is 202 g/mol. The zero-order valence-corrected chi connectivity index (χ0v) is 10.1. The number of benzene rings is 1. The first-order chi connectivity index (χ1) is 7.76. The van der Waals surface area contributed by atoms with E-state index in [2.05, 4.69) is 25.2 Å². The Kier molecular flexibility index (Phi) is 3.34. The molecule has 88 valence electrons. The van der Waals surface area contributed by atoms with Crippen molar-refractivity contribution < 1.29 is 9.47 Å². The summed E-state index contributed by atoms with van der Waals surface area (Å²) in [6.07, 6.45) is 0.187. The summed E-state index contributed by atoms with van der Waals surface area (Å²) in [7, 11) is 0. The van der Waals surface area contributed by atoms with Crippen LogP contribution in [0.15, 0.2) is 18.2 Å². The van der Waals surface area contributed by atoms with E-state index in [0.29, 0.717) is 6.61 Å². The molecule has 0 bridgehead atoms. The third-order valence-corrected chi connectivity index (χ3v) is 2.83. The molecule has 2 rings (SSSR count). The van der Waals surface area contributed by atoms with Crippen molar-refractivity contribution in [2.45, 2.75) is 32.9 Å². The molecule has 1 aliphatic heterocycles. The number of fused-ring (bicyclic) bond motifs is 1. The smallest absolute Gasteiger partial charge is 0.125 e. The Hall–Kier alpha value is -1.22. The summed E-state index contributed by atoms with van der Waals surface area (Å²) >= 11 is 0. The molecular formula is C13H19NO2. The lowest BCUT2D eigenvalue weighted by molar-refractivity contribution is 0.211. The van der Waals surface area contributed by atoms with Crippen LogP contribution >= 0.6 is 0 Å². The summed E-state index contributed by atoms with van der Waals surface area (Å²) < 4.78 is 11.3. The van der Waals surface area contributed by atoms with Crippen molar-refractivity contribution in [1.82, 2.24) is 5.32 Å². The fourth-order valence-electron chi connectivity index (χ4n) is 2.15. The number of hydrogen-bond acceptors (Lipinski definition) is 3. The molecule has 1 heterocycles. The molecule has 1 aliphatic rings. The summed E-state index contributed by atoms with van der Waals surface area (Å²) in [6, 6.07) is 6.31. The van der Waals surface area contributed by atoms with Crippen LogP contribution in [0.1, 0.15) is 32.4 Å². The molecule has 2 unspecified atom stereocenters. The van der Waals surface area contributed by atoms with Gasteiger partial charge in [0.2, 0.25) is 0 Å². The monoisotopic (exact) mass is 221 g/mol. The van der Waals surface area contributed by atoms with Crippen LogP contribution in [-0.4, -0.2) is 19.3 Å². The van der Waals surface area contributed by atoms with E-state index in [9.17, 15) is 0 Å². The van der Waals surface area contributed by atoms with Gasteiger partial charge in [-0.05, 0) is 38.6 Å². The summed E-state index contributed by atoms with van der Waals surface area (Å²) in [5.41, 5.74) is 1.21. The SMILES string of the molecule is CCNC1c2cc(OCC)ccc2OC1C. The van der Waals surface area contributed by atoms with E-state index in [4.69, 9.17) is 9.47 Å². The van der Waals surface area contributed by atoms with Gasteiger partial charge in [-0.15, -0.1) is 0 Å². The van der Waals surface area contributed by atoms with Crippen molar-refractivity contribution in [3.8, 4) is 11.5 Å². The Labute approximate surface area is 96.8 Å². The quantitative estimate of drug-likeness (QED) is 0.847. The normalized spacial score (nSPS) is 22.7. The standard InChI is InChI=1S/C13H19NO2/c1-4-14-13-9(3)16-12-7-6-10(15-5-2)8-11(12)13/h6-9,13-14H,4-5H2,1-3H3. The van der Waals surface area contributed by atoms with Crippen molar-refractivity contribution in [3.05, 3.63) is 23.8 Å². The minimum absolute atomic E-state index is 0.187. The molecule has 3 nitrogen and oxygen atoms in total. The van der Waals surface area contributed by atoms with Crippen molar-refractivity contribution in [1.29, 1.82) is 0 Å². The Balaban J connectivity index is 2.27. The Morgan fingerprint density at radius 2 is 2.19 bits per heavy atom. The fourth-order valence-corrected chi connectivity index (χ4v) is 2.15. The number of hydrogen-bond donors (Lipinski definition) is 1. The summed E-state index contributed by atoms with van der Waals surface area (Å²) in [5, 5.41) is 3.44. The maximum absolute atomic E-state index is 5.79. The van der Waals surface area contributed by atoms with Gasteiger partial charge in [-0.2, -0.15) is 0 Å². The second kappa shape index (κ2) is 4.74. The van der Waals surface area contributed by atoms with Gasteiger partial charge in [0.05, 0.1) is 12.6 Å². The molecule has 16 heavy (non-hydrogen) atoms. The third kappa shape index (κ3) is 2.00. The lowest BCUT2D eigenvalue weighted by Gasteiger charge is -2.15. The third-order valence-electron chi connectivity index (χ3n) is 2.83.